The second kappa shape index (κ2) is 12.8. The Balaban J connectivity index is 1.67. The Bertz CT molecular complexity index is 1400. The summed E-state index contributed by atoms with van der Waals surface area (Å²) in [6.45, 7) is 3.67. The molecule has 0 heterocycles. The maximum absolute atomic E-state index is 13.8. The van der Waals surface area contributed by atoms with Crippen LogP contribution in [-0.2, 0) is 22.6 Å². The Morgan fingerprint density at radius 2 is 1.61 bits per heavy atom. The number of halogens is 2. The molecule has 0 bridgehead atoms. The molecular weight excluding hydrogens is 519 g/mol. The molecule has 2 amide bonds. The van der Waals surface area contributed by atoms with E-state index in [9.17, 15) is 9.59 Å². The van der Waals surface area contributed by atoms with E-state index in [-0.39, 0.29) is 31.0 Å². The Labute approximate surface area is 233 Å². The highest BCUT2D eigenvalue weighted by atomic mass is 35.5. The number of rotatable bonds is 10. The van der Waals surface area contributed by atoms with Crippen molar-refractivity contribution in [2.75, 3.05) is 6.61 Å². The predicted octanol–water partition coefficient (Wildman–Crippen LogP) is 6.69. The summed E-state index contributed by atoms with van der Waals surface area (Å²) >= 11 is 12.6. The van der Waals surface area contributed by atoms with Gasteiger partial charge in [0.1, 0.15) is 11.8 Å². The van der Waals surface area contributed by atoms with E-state index in [1.807, 2.05) is 86.6 Å². The number of carbonyl (C=O) groups excluding carboxylic acids is 2. The summed E-state index contributed by atoms with van der Waals surface area (Å²) in [5, 5.41) is 5.82. The second-order valence-electron chi connectivity index (χ2n) is 9.39. The number of ether oxygens (including phenoxy) is 1. The molecule has 4 rings (SSSR count). The fourth-order valence-corrected chi connectivity index (χ4v) is 4.78. The van der Waals surface area contributed by atoms with E-state index in [1.54, 1.807) is 23.1 Å². The summed E-state index contributed by atoms with van der Waals surface area (Å²) in [6.07, 6.45) is 0.338. The third-order valence-corrected chi connectivity index (χ3v) is 6.75. The average molecular weight is 549 g/mol. The van der Waals surface area contributed by atoms with Crippen LogP contribution in [0.1, 0.15) is 25.0 Å². The van der Waals surface area contributed by atoms with Crippen LogP contribution >= 0.6 is 23.2 Å². The van der Waals surface area contributed by atoms with Gasteiger partial charge in [-0.15, -0.1) is 0 Å². The van der Waals surface area contributed by atoms with Gasteiger partial charge < -0.3 is 15.0 Å². The van der Waals surface area contributed by atoms with Gasteiger partial charge in [-0.05, 0) is 48.6 Å². The molecule has 0 radical (unpaired) electrons. The Morgan fingerprint density at radius 1 is 0.895 bits per heavy atom. The number of benzene rings is 4. The maximum atomic E-state index is 13.8. The first-order valence-corrected chi connectivity index (χ1v) is 13.3. The number of fused-ring (bicyclic) bond motifs is 1. The first-order chi connectivity index (χ1) is 18.3. The van der Waals surface area contributed by atoms with Crippen molar-refractivity contribution in [3.63, 3.8) is 0 Å². The summed E-state index contributed by atoms with van der Waals surface area (Å²) in [5.41, 5.74) is 1.62. The lowest BCUT2D eigenvalue weighted by Crippen LogP contribution is -2.52. The molecule has 4 aromatic rings. The van der Waals surface area contributed by atoms with Crippen LogP contribution in [0.3, 0.4) is 0 Å². The number of amides is 2. The van der Waals surface area contributed by atoms with Crippen molar-refractivity contribution in [2.45, 2.75) is 38.9 Å². The van der Waals surface area contributed by atoms with Gasteiger partial charge >= 0.3 is 0 Å². The standard InChI is InChI=1S/C31H30Cl2N2O3/c1-21(2)34-31(37)28(17-22-9-4-3-5-10-22)35(19-24-15-16-25(32)18-27(24)33)30(36)20-38-29-14-8-12-23-11-6-7-13-26(23)29/h3-16,18,21,28H,17,19-20H2,1-2H3,(H,34,37)/t28-/m1/s1. The minimum atomic E-state index is -0.782. The number of carbonyl (C=O) groups is 2. The van der Waals surface area contributed by atoms with Gasteiger partial charge in [-0.2, -0.15) is 0 Å². The number of nitrogens with one attached hydrogen (secondary N) is 1. The van der Waals surface area contributed by atoms with Crippen LogP contribution in [0.15, 0.2) is 91.0 Å². The molecular formula is C31H30Cl2N2O3. The van der Waals surface area contributed by atoms with Gasteiger partial charge in [-0.3, -0.25) is 9.59 Å². The van der Waals surface area contributed by atoms with E-state index in [0.717, 1.165) is 16.3 Å². The quantitative estimate of drug-likeness (QED) is 0.240. The van der Waals surface area contributed by atoms with Gasteiger partial charge in [0, 0.05) is 34.4 Å². The third kappa shape index (κ3) is 7.06. The van der Waals surface area contributed by atoms with Crippen LogP contribution in [0.5, 0.6) is 5.75 Å². The van der Waals surface area contributed by atoms with Gasteiger partial charge in [0.15, 0.2) is 6.61 Å². The first-order valence-electron chi connectivity index (χ1n) is 12.5. The molecule has 0 saturated heterocycles. The van der Waals surface area contributed by atoms with Gasteiger partial charge in [-0.1, -0.05) is 96.0 Å². The molecule has 0 aromatic heterocycles. The zero-order chi connectivity index (χ0) is 27.1. The molecule has 196 valence electrons. The normalized spacial score (nSPS) is 11.8. The van der Waals surface area contributed by atoms with Gasteiger partial charge in [-0.25, -0.2) is 0 Å². The fourth-order valence-electron chi connectivity index (χ4n) is 4.31. The average Bonchev–Trinajstić information content (AvgIpc) is 2.90. The molecule has 5 nitrogen and oxygen atoms in total. The van der Waals surface area contributed by atoms with Gasteiger partial charge in [0.2, 0.25) is 5.91 Å². The number of hydrogen-bond acceptors (Lipinski definition) is 3. The second-order valence-corrected chi connectivity index (χ2v) is 10.2. The van der Waals surface area contributed by atoms with Crippen molar-refractivity contribution in [3.8, 4) is 5.75 Å². The highest BCUT2D eigenvalue weighted by molar-refractivity contribution is 6.35. The molecule has 0 aliphatic heterocycles. The zero-order valence-electron chi connectivity index (χ0n) is 21.4. The lowest BCUT2D eigenvalue weighted by atomic mass is 10.0. The molecule has 4 aromatic carbocycles. The molecule has 0 aliphatic carbocycles. The van der Waals surface area contributed by atoms with Crippen molar-refractivity contribution >= 4 is 45.8 Å². The fraction of sp³-hybridized carbons (Fsp3) is 0.226. The van der Waals surface area contributed by atoms with Gasteiger partial charge in [0.25, 0.3) is 5.91 Å². The molecule has 1 atom stereocenters. The van der Waals surface area contributed by atoms with Crippen molar-refractivity contribution in [1.29, 1.82) is 0 Å². The Morgan fingerprint density at radius 3 is 2.34 bits per heavy atom. The minimum Gasteiger partial charge on any atom is -0.483 e. The minimum absolute atomic E-state index is 0.0937. The highest BCUT2D eigenvalue weighted by Gasteiger charge is 2.31. The third-order valence-electron chi connectivity index (χ3n) is 6.16. The largest absolute Gasteiger partial charge is 0.483 e. The molecule has 0 unspecified atom stereocenters. The molecule has 38 heavy (non-hydrogen) atoms. The lowest BCUT2D eigenvalue weighted by molar-refractivity contribution is -0.143. The molecule has 1 N–H and O–H groups in total. The van der Waals surface area contributed by atoms with Crippen LogP contribution in [0.2, 0.25) is 10.0 Å². The number of hydrogen-bond donors (Lipinski definition) is 1. The van der Waals surface area contributed by atoms with Crippen LogP contribution < -0.4 is 10.1 Å². The summed E-state index contributed by atoms with van der Waals surface area (Å²) in [6, 6.07) is 27.4. The van der Waals surface area contributed by atoms with Crippen LogP contribution in [0.4, 0.5) is 0 Å². The molecule has 0 saturated carbocycles. The monoisotopic (exact) mass is 548 g/mol. The lowest BCUT2D eigenvalue weighted by Gasteiger charge is -2.32. The predicted molar refractivity (Wildman–Crippen MR) is 154 cm³/mol. The Kier molecular flexibility index (Phi) is 9.27. The van der Waals surface area contributed by atoms with E-state index in [2.05, 4.69) is 5.32 Å². The topological polar surface area (TPSA) is 58.6 Å². The summed E-state index contributed by atoms with van der Waals surface area (Å²) in [5.74, 6) is 0.0309. The summed E-state index contributed by atoms with van der Waals surface area (Å²) < 4.78 is 6.03. The van der Waals surface area contributed by atoms with E-state index in [4.69, 9.17) is 27.9 Å². The van der Waals surface area contributed by atoms with E-state index >= 15 is 0 Å². The van der Waals surface area contributed by atoms with Crippen molar-refractivity contribution < 1.29 is 14.3 Å². The molecule has 0 aliphatic rings. The smallest absolute Gasteiger partial charge is 0.261 e. The van der Waals surface area contributed by atoms with E-state index in [0.29, 0.717) is 27.8 Å². The van der Waals surface area contributed by atoms with Crippen molar-refractivity contribution in [1.82, 2.24) is 10.2 Å². The van der Waals surface area contributed by atoms with E-state index < -0.39 is 6.04 Å². The van der Waals surface area contributed by atoms with Crippen LogP contribution in [0, 0.1) is 0 Å². The van der Waals surface area contributed by atoms with Crippen molar-refractivity contribution in [3.05, 3.63) is 112 Å². The van der Waals surface area contributed by atoms with Crippen molar-refractivity contribution in [2.24, 2.45) is 0 Å². The molecule has 7 heteroatoms. The summed E-state index contributed by atoms with van der Waals surface area (Å²) in [4.78, 5) is 28.8. The number of nitrogens with zero attached hydrogens (tertiary/aromatic N) is 1. The SMILES string of the molecule is CC(C)NC(=O)[C@@H](Cc1ccccc1)N(Cc1ccc(Cl)cc1Cl)C(=O)COc1cccc2ccccc12. The highest BCUT2D eigenvalue weighted by Crippen LogP contribution is 2.27. The Hall–Kier alpha value is -3.54. The first kappa shape index (κ1) is 27.5. The zero-order valence-corrected chi connectivity index (χ0v) is 22.9. The van der Waals surface area contributed by atoms with Crippen LogP contribution in [0.25, 0.3) is 10.8 Å². The maximum Gasteiger partial charge on any atom is 0.261 e. The van der Waals surface area contributed by atoms with E-state index in [1.165, 1.54) is 0 Å². The van der Waals surface area contributed by atoms with Gasteiger partial charge in [0.05, 0.1) is 0 Å². The summed E-state index contributed by atoms with van der Waals surface area (Å²) in [7, 11) is 0. The molecule has 0 fully saturated rings. The van der Waals surface area contributed by atoms with Crippen LogP contribution in [-0.4, -0.2) is 35.4 Å². The molecule has 0 spiro atoms.